The largest absolute Gasteiger partial charge is 0.455 e. The molecule has 61 heavy (non-hydrogen) atoms. The highest BCUT2D eigenvalue weighted by Gasteiger charge is 2.18. The van der Waals surface area contributed by atoms with Gasteiger partial charge in [-0.05, 0) is 99.9 Å². The third-order valence-electron chi connectivity index (χ3n) is 11.6. The number of rotatable bonds is 7. The van der Waals surface area contributed by atoms with E-state index in [1.54, 1.807) is 4.90 Å². The van der Waals surface area contributed by atoms with Crippen molar-refractivity contribution in [2.75, 3.05) is 4.90 Å². The summed E-state index contributed by atoms with van der Waals surface area (Å²) in [5, 5.41) is 6.42. The van der Waals surface area contributed by atoms with Crippen LogP contribution in [0.5, 0.6) is 0 Å². The molecule has 0 fully saturated rings. The minimum Gasteiger partial charge on any atom is -0.455 e. The van der Waals surface area contributed by atoms with Crippen LogP contribution in [0.15, 0.2) is 235 Å². The van der Waals surface area contributed by atoms with Gasteiger partial charge < -0.3 is 13.9 Å². The summed E-state index contributed by atoms with van der Waals surface area (Å²) in [5.41, 5.74) is 8.54. The van der Waals surface area contributed by atoms with Gasteiger partial charge in [-0.2, -0.15) is 0 Å². The average Bonchev–Trinajstić information content (AvgIpc) is 3.96. The zero-order valence-electron chi connectivity index (χ0n) is 41.5. The summed E-state index contributed by atoms with van der Waals surface area (Å²) in [6, 6.07) is 53.6. The van der Waals surface area contributed by atoms with Crippen molar-refractivity contribution in [2.45, 2.75) is 0 Å². The first-order valence-corrected chi connectivity index (χ1v) is 20.1. The Bertz CT molecular complexity index is 4010. The predicted octanol–water partition coefficient (Wildman–Crippen LogP) is 16.3. The summed E-state index contributed by atoms with van der Waals surface area (Å²) in [6.07, 6.45) is 0. The Balaban J connectivity index is 0.997. The summed E-state index contributed by atoms with van der Waals surface area (Å²) in [5.74, 6) is 0. The number of hydrogen-bond acceptors (Lipinski definition) is 2. The van der Waals surface area contributed by atoms with Crippen LogP contribution < -0.4 is 4.90 Å². The smallest absolute Gasteiger partial charge is 0.143 e. The molecule has 0 radical (unpaired) electrons. The number of benzene rings is 10. The second-order valence-electron chi connectivity index (χ2n) is 15.0. The maximum atomic E-state index is 9.50. The van der Waals surface area contributed by atoms with Crippen LogP contribution in [-0.2, 0) is 0 Å². The number of nitrogens with zero attached hydrogens (tertiary/aromatic N) is 2. The Morgan fingerprint density at radius 1 is 0.377 bits per heavy atom. The van der Waals surface area contributed by atoms with Crippen molar-refractivity contribution in [2.24, 2.45) is 0 Å². The van der Waals surface area contributed by atoms with Gasteiger partial charge in [-0.15, -0.1) is 0 Å². The molecule has 0 N–H and O–H groups in total. The highest BCUT2D eigenvalue weighted by molar-refractivity contribution is 6.17. The fourth-order valence-corrected chi connectivity index (χ4v) is 8.70. The molecule has 0 bridgehead atoms. The second kappa shape index (κ2) is 14.3. The second-order valence-corrected chi connectivity index (χ2v) is 15.0. The van der Waals surface area contributed by atoms with Crippen LogP contribution in [-0.4, -0.2) is 4.57 Å². The van der Waals surface area contributed by atoms with E-state index in [1.165, 1.54) is 0 Å². The Kier molecular flexibility index (Phi) is 6.28. The van der Waals surface area contributed by atoms with Crippen molar-refractivity contribution in [3.05, 3.63) is 230 Å². The first kappa shape index (κ1) is 26.8. The third-order valence-corrected chi connectivity index (χ3v) is 11.6. The molecule has 12 aromatic rings. The molecule has 0 amide bonds. The molecule has 0 unspecified atom stereocenters. The van der Waals surface area contributed by atoms with Gasteiger partial charge >= 0.3 is 0 Å². The predicted molar refractivity (Wildman–Crippen MR) is 257 cm³/mol. The van der Waals surface area contributed by atoms with Gasteiger partial charge in [0, 0.05) is 55.2 Å². The van der Waals surface area contributed by atoms with Crippen molar-refractivity contribution in [3.63, 3.8) is 0 Å². The Labute approximate surface area is 366 Å². The molecule has 0 aliphatic carbocycles. The fraction of sp³-hybridized carbons (Fsp3) is 0. The molecule has 12 rings (SSSR count). The van der Waals surface area contributed by atoms with Crippen LogP contribution in [0.3, 0.4) is 0 Å². The van der Waals surface area contributed by atoms with E-state index < -0.39 is 59.9 Å². The SMILES string of the molecule is [2H]c1c([2H])c([2H])c(-c2c([2H])c([2H])c(N(c3ccc(-c4cccc(-n5c6ccccc6c6ccccc65)c4)cc3)c3ccc(-c4cccc5c4oc4c6ccccc6ccc54)cc3)c([2H])c2[2H])c([2H])c1[2H]. The van der Waals surface area contributed by atoms with Crippen LogP contribution in [0.1, 0.15) is 12.3 Å². The molecule has 0 aliphatic heterocycles. The van der Waals surface area contributed by atoms with Gasteiger partial charge in [-0.3, -0.25) is 0 Å². The van der Waals surface area contributed by atoms with Crippen molar-refractivity contribution < 1.29 is 16.8 Å². The van der Waals surface area contributed by atoms with E-state index in [9.17, 15) is 5.48 Å². The van der Waals surface area contributed by atoms with E-state index in [2.05, 4.69) is 83.4 Å². The molecular formula is C58H38N2O. The molecule has 0 saturated carbocycles. The summed E-state index contributed by atoms with van der Waals surface area (Å²) in [7, 11) is 0. The van der Waals surface area contributed by atoms with Crippen LogP contribution in [0.25, 0.3) is 93.6 Å². The number of aromatic nitrogens is 1. The number of hydrogen-bond donors (Lipinski definition) is 0. The van der Waals surface area contributed by atoms with E-state index in [4.69, 9.17) is 11.3 Å². The molecule has 3 heteroatoms. The van der Waals surface area contributed by atoms with Gasteiger partial charge in [-0.25, -0.2) is 0 Å². The van der Waals surface area contributed by atoms with Crippen LogP contribution in [0.2, 0.25) is 0 Å². The van der Waals surface area contributed by atoms with Crippen molar-refractivity contribution in [1.82, 2.24) is 4.57 Å². The summed E-state index contributed by atoms with van der Waals surface area (Å²) >= 11 is 0. The van der Waals surface area contributed by atoms with Crippen molar-refractivity contribution in [1.29, 1.82) is 0 Å². The Morgan fingerprint density at radius 3 is 1.69 bits per heavy atom. The van der Waals surface area contributed by atoms with Crippen LogP contribution in [0, 0.1) is 0 Å². The minimum absolute atomic E-state index is 0.0776. The summed E-state index contributed by atoms with van der Waals surface area (Å²) in [4.78, 5) is 1.67. The standard InChI is InChI=1S/C58H38N2O/c1-2-12-39(13-3-1)40-24-31-45(32-25-40)59(47-35-28-43(29-36-47)50-20-11-21-53-54-37-30-42-14-4-5-17-49(42)58(54)61-57(50)53)46-33-26-41(27-34-46)44-15-10-16-48(38-44)60-55-22-8-6-18-51(55)52-19-7-9-23-56(52)60/h1-38H/i1D,2D,3D,12D,13D,24D,25D,31D,32D. The molecule has 0 saturated heterocycles. The first-order chi connectivity index (χ1) is 34.0. The van der Waals surface area contributed by atoms with Crippen LogP contribution >= 0.6 is 0 Å². The number of para-hydroxylation sites is 3. The molecule has 0 atom stereocenters. The maximum absolute atomic E-state index is 9.50. The van der Waals surface area contributed by atoms with E-state index >= 15 is 0 Å². The quantitative estimate of drug-likeness (QED) is 0.160. The molecule has 286 valence electrons. The lowest BCUT2D eigenvalue weighted by Gasteiger charge is -2.26. The van der Waals surface area contributed by atoms with Gasteiger partial charge in [0.25, 0.3) is 0 Å². The minimum atomic E-state index is -0.633. The molecule has 2 aromatic heterocycles. The first-order valence-electron chi connectivity index (χ1n) is 24.6. The van der Waals surface area contributed by atoms with Gasteiger partial charge in [-0.1, -0.05) is 164 Å². The van der Waals surface area contributed by atoms with Gasteiger partial charge in [0.1, 0.15) is 11.2 Å². The van der Waals surface area contributed by atoms with E-state index in [-0.39, 0.29) is 11.3 Å². The zero-order chi connectivity index (χ0) is 48.1. The number of furan rings is 1. The number of fused-ring (bicyclic) bond motifs is 8. The third kappa shape index (κ3) is 5.90. The van der Waals surface area contributed by atoms with E-state index in [1.807, 2.05) is 97.1 Å². The summed E-state index contributed by atoms with van der Waals surface area (Å²) < 4.78 is 88.6. The molecule has 3 nitrogen and oxygen atoms in total. The topological polar surface area (TPSA) is 21.3 Å². The lowest BCUT2D eigenvalue weighted by atomic mass is 10.0. The number of anilines is 3. The highest BCUT2D eigenvalue weighted by Crippen LogP contribution is 2.42. The molecule has 0 aliphatic rings. The van der Waals surface area contributed by atoms with Crippen LogP contribution in [0.4, 0.5) is 17.1 Å². The highest BCUT2D eigenvalue weighted by atomic mass is 16.3. The van der Waals surface area contributed by atoms with Crippen molar-refractivity contribution >= 4 is 71.6 Å². The van der Waals surface area contributed by atoms with Gasteiger partial charge in [0.2, 0.25) is 0 Å². The molecule has 10 aromatic carbocycles. The monoisotopic (exact) mass is 787 g/mol. The normalized spacial score (nSPS) is 13.7. The fourth-order valence-electron chi connectivity index (χ4n) is 8.70. The maximum Gasteiger partial charge on any atom is 0.143 e. The van der Waals surface area contributed by atoms with E-state index in [0.29, 0.717) is 11.4 Å². The molecular weight excluding hydrogens is 741 g/mol. The molecule has 0 spiro atoms. The molecule has 2 heterocycles. The lowest BCUT2D eigenvalue weighted by molar-refractivity contribution is 0.674. The zero-order valence-corrected chi connectivity index (χ0v) is 32.5. The van der Waals surface area contributed by atoms with Crippen molar-refractivity contribution in [3.8, 4) is 39.1 Å². The summed E-state index contributed by atoms with van der Waals surface area (Å²) in [6.45, 7) is 0. The van der Waals surface area contributed by atoms with E-state index in [0.717, 1.165) is 82.5 Å². The van der Waals surface area contributed by atoms with Gasteiger partial charge in [0.15, 0.2) is 0 Å². The Hall–Kier alpha value is -8.14. The van der Waals surface area contributed by atoms with Gasteiger partial charge in [0.05, 0.1) is 23.4 Å². The average molecular weight is 788 g/mol. The lowest BCUT2D eigenvalue weighted by Crippen LogP contribution is -2.09. The Morgan fingerprint density at radius 2 is 0.967 bits per heavy atom.